The number of ether oxygens (including phenoxy) is 4. The van der Waals surface area contributed by atoms with E-state index in [9.17, 15) is 9.59 Å². The number of carbonyl (C=O) groups excluding carboxylic acids is 2. The standard InChI is InChI=1S/C21H23NO6/c1-14(15-6-4-3-5-7-15)12-22-19(23)13-28-21(24)16-10-17(25-2)20-18(11-16)26-8-9-27-20/h3-7,10-11,14H,8-9,12-13H2,1-2H3,(H,22,23)/t14-/m0/s1. The molecule has 7 nitrogen and oxygen atoms in total. The predicted molar refractivity (Wildman–Crippen MR) is 102 cm³/mol. The van der Waals surface area contributed by atoms with Gasteiger partial charge >= 0.3 is 5.97 Å². The number of fused-ring (bicyclic) bond motifs is 1. The van der Waals surface area contributed by atoms with Gasteiger partial charge in [0.15, 0.2) is 18.1 Å². The van der Waals surface area contributed by atoms with Crippen LogP contribution in [0.2, 0.25) is 0 Å². The quantitative estimate of drug-likeness (QED) is 0.738. The SMILES string of the molecule is COc1cc(C(=O)OCC(=O)NC[C@H](C)c2ccccc2)cc2c1OCCO2. The summed E-state index contributed by atoms with van der Waals surface area (Å²) >= 11 is 0. The van der Waals surface area contributed by atoms with Gasteiger partial charge in [0.25, 0.3) is 5.91 Å². The normalized spacial score (nSPS) is 13.4. The molecule has 0 spiro atoms. The van der Waals surface area contributed by atoms with Crippen molar-refractivity contribution in [3.63, 3.8) is 0 Å². The van der Waals surface area contributed by atoms with Crippen molar-refractivity contribution in [2.45, 2.75) is 12.8 Å². The van der Waals surface area contributed by atoms with E-state index in [4.69, 9.17) is 18.9 Å². The zero-order valence-corrected chi connectivity index (χ0v) is 15.9. The van der Waals surface area contributed by atoms with Gasteiger partial charge < -0.3 is 24.3 Å². The minimum absolute atomic E-state index is 0.155. The second-order valence-corrected chi connectivity index (χ2v) is 6.39. The highest BCUT2D eigenvalue weighted by Crippen LogP contribution is 2.40. The van der Waals surface area contributed by atoms with Crippen LogP contribution in [0.3, 0.4) is 0 Å². The lowest BCUT2D eigenvalue weighted by molar-refractivity contribution is -0.124. The number of nitrogens with one attached hydrogen (secondary N) is 1. The number of esters is 1. The summed E-state index contributed by atoms with van der Waals surface area (Å²) in [6.45, 7) is 2.91. The maximum Gasteiger partial charge on any atom is 0.338 e. The molecule has 2 aromatic rings. The molecule has 2 aromatic carbocycles. The van der Waals surface area contributed by atoms with E-state index in [0.717, 1.165) is 5.56 Å². The largest absolute Gasteiger partial charge is 0.493 e. The molecule has 1 aliphatic heterocycles. The van der Waals surface area contributed by atoms with E-state index in [0.29, 0.717) is 37.0 Å². The van der Waals surface area contributed by atoms with E-state index in [1.807, 2.05) is 37.3 Å². The Hall–Kier alpha value is -3.22. The van der Waals surface area contributed by atoms with Crippen molar-refractivity contribution >= 4 is 11.9 Å². The fourth-order valence-corrected chi connectivity index (χ4v) is 2.82. The van der Waals surface area contributed by atoms with E-state index in [1.54, 1.807) is 0 Å². The monoisotopic (exact) mass is 385 g/mol. The smallest absolute Gasteiger partial charge is 0.338 e. The molecule has 1 N–H and O–H groups in total. The third-order valence-corrected chi connectivity index (χ3v) is 4.37. The summed E-state index contributed by atoms with van der Waals surface area (Å²) < 4.78 is 21.4. The lowest BCUT2D eigenvalue weighted by Crippen LogP contribution is -2.31. The Morgan fingerprint density at radius 1 is 1.14 bits per heavy atom. The van der Waals surface area contributed by atoms with E-state index in [-0.39, 0.29) is 24.0 Å². The van der Waals surface area contributed by atoms with Crippen LogP contribution in [0.15, 0.2) is 42.5 Å². The Balaban J connectivity index is 1.53. The van der Waals surface area contributed by atoms with Gasteiger partial charge in [-0.05, 0) is 23.6 Å². The van der Waals surface area contributed by atoms with Crippen molar-refractivity contribution in [3.05, 3.63) is 53.6 Å². The zero-order chi connectivity index (χ0) is 19.9. The van der Waals surface area contributed by atoms with Crippen LogP contribution in [-0.4, -0.2) is 45.4 Å². The average molecular weight is 385 g/mol. The summed E-state index contributed by atoms with van der Waals surface area (Å²) in [5.74, 6) is 0.409. The maximum atomic E-state index is 12.3. The first-order valence-electron chi connectivity index (χ1n) is 9.05. The van der Waals surface area contributed by atoms with Crippen molar-refractivity contribution in [2.24, 2.45) is 0 Å². The lowest BCUT2D eigenvalue weighted by atomic mass is 10.0. The Kier molecular flexibility index (Phi) is 6.37. The Bertz CT molecular complexity index is 819. The second-order valence-electron chi connectivity index (χ2n) is 6.39. The third-order valence-electron chi connectivity index (χ3n) is 4.37. The van der Waals surface area contributed by atoms with Crippen LogP contribution in [0.25, 0.3) is 0 Å². The fraction of sp³-hybridized carbons (Fsp3) is 0.333. The number of hydrogen-bond donors (Lipinski definition) is 1. The summed E-state index contributed by atoms with van der Waals surface area (Å²) in [5, 5.41) is 2.77. The van der Waals surface area contributed by atoms with Crippen LogP contribution < -0.4 is 19.5 Å². The van der Waals surface area contributed by atoms with Crippen LogP contribution in [0.1, 0.15) is 28.8 Å². The number of benzene rings is 2. The van der Waals surface area contributed by atoms with Gasteiger partial charge in [-0.25, -0.2) is 4.79 Å². The molecule has 3 rings (SSSR count). The van der Waals surface area contributed by atoms with Gasteiger partial charge in [-0.2, -0.15) is 0 Å². The molecule has 1 atom stereocenters. The molecule has 0 fully saturated rings. The Labute approximate surface area is 163 Å². The van der Waals surface area contributed by atoms with Gasteiger partial charge in [0, 0.05) is 6.54 Å². The minimum Gasteiger partial charge on any atom is -0.493 e. The molecule has 0 saturated heterocycles. The van der Waals surface area contributed by atoms with Gasteiger partial charge in [-0.1, -0.05) is 37.3 Å². The topological polar surface area (TPSA) is 83.1 Å². The van der Waals surface area contributed by atoms with Gasteiger partial charge in [0.05, 0.1) is 12.7 Å². The van der Waals surface area contributed by atoms with Gasteiger partial charge in [0.2, 0.25) is 5.75 Å². The third kappa shape index (κ3) is 4.73. The summed E-state index contributed by atoms with van der Waals surface area (Å²) in [4.78, 5) is 24.3. The van der Waals surface area contributed by atoms with Crippen LogP contribution in [0.5, 0.6) is 17.2 Å². The summed E-state index contributed by atoms with van der Waals surface area (Å²) in [6, 6.07) is 12.9. The molecule has 0 aliphatic carbocycles. The van der Waals surface area contributed by atoms with E-state index < -0.39 is 5.97 Å². The van der Waals surface area contributed by atoms with Crippen LogP contribution >= 0.6 is 0 Å². The highest BCUT2D eigenvalue weighted by molar-refractivity contribution is 5.92. The number of methoxy groups -OCH3 is 1. The molecular weight excluding hydrogens is 362 g/mol. The van der Waals surface area contributed by atoms with Crippen molar-refractivity contribution < 1.29 is 28.5 Å². The molecule has 1 heterocycles. The summed E-state index contributed by atoms with van der Waals surface area (Å²) in [7, 11) is 1.48. The Morgan fingerprint density at radius 3 is 2.64 bits per heavy atom. The van der Waals surface area contributed by atoms with Crippen LogP contribution in [0.4, 0.5) is 0 Å². The number of rotatable bonds is 7. The number of amides is 1. The maximum absolute atomic E-state index is 12.3. The first-order chi connectivity index (χ1) is 13.6. The molecule has 1 amide bonds. The van der Waals surface area contributed by atoms with Crippen molar-refractivity contribution in [2.75, 3.05) is 33.5 Å². The molecule has 0 unspecified atom stereocenters. The van der Waals surface area contributed by atoms with Crippen molar-refractivity contribution in [1.82, 2.24) is 5.32 Å². The van der Waals surface area contributed by atoms with E-state index in [1.165, 1.54) is 19.2 Å². The van der Waals surface area contributed by atoms with E-state index in [2.05, 4.69) is 5.32 Å². The van der Waals surface area contributed by atoms with Gasteiger partial charge in [0.1, 0.15) is 13.2 Å². The van der Waals surface area contributed by atoms with Crippen molar-refractivity contribution in [1.29, 1.82) is 0 Å². The highest BCUT2D eigenvalue weighted by Gasteiger charge is 2.22. The summed E-state index contributed by atoms with van der Waals surface area (Å²) in [5.41, 5.74) is 1.36. The van der Waals surface area contributed by atoms with Crippen LogP contribution in [0, 0.1) is 0 Å². The predicted octanol–water partition coefficient (Wildman–Crippen LogP) is 2.54. The Morgan fingerprint density at radius 2 is 1.89 bits per heavy atom. The van der Waals surface area contributed by atoms with Gasteiger partial charge in [-0.15, -0.1) is 0 Å². The molecule has 0 radical (unpaired) electrons. The highest BCUT2D eigenvalue weighted by atomic mass is 16.6. The fourth-order valence-electron chi connectivity index (χ4n) is 2.82. The second kappa shape index (κ2) is 9.12. The molecule has 148 valence electrons. The van der Waals surface area contributed by atoms with Crippen molar-refractivity contribution in [3.8, 4) is 17.2 Å². The lowest BCUT2D eigenvalue weighted by Gasteiger charge is -2.21. The minimum atomic E-state index is -0.637. The van der Waals surface area contributed by atoms with Gasteiger partial charge in [-0.3, -0.25) is 4.79 Å². The number of hydrogen-bond acceptors (Lipinski definition) is 6. The van der Waals surface area contributed by atoms with Crippen LogP contribution in [-0.2, 0) is 9.53 Å². The molecule has 0 bridgehead atoms. The first kappa shape index (κ1) is 19.5. The average Bonchev–Trinajstić information content (AvgIpc) is 2.75. The van der Waals surface area contributed by atoms with E-state index >= 15 is 0 Å². The first-order valence-corrected chi connectivity index (χ1v) is 9.05. The molecule has 28 heavy (non-hydrogen) atoms. The zero-order valence-electron chi connectivity index (χ0n) is 15.9. The summed E-state index contributed by atoms with van der Waals surface area (Å²) in [6.07, 6.45) is 0. The molecule has 1 aliphatic rings. The molecule has 7 heteroatoms. The number of carbonyl (C=O) groups is 2. The molecule has 0 aromatic heterocycles. The molecular formula is C21H23NO6. The molecule has 0 saturated carbocycles.